The molecule has 1 aliphatic heterocycles. The van der Waals surface area contributed by atoms with Crippen LogP contribution in [0.15, 0.2) is 52.7 Å². The second-order valence-electron chi connectivity index (χ2n) is 6.72. The van der Waals surface area contributed by atoms with Gasteiger partial charge in [-0.3, -0.25) is 4.99 Å². The number of benzene rings is 1. The highest BCUT2D eigenvalue weighted by molar-refractivity contribution is 6.30. The minimum absolute atomic E-state index is 0.0250. The van der Waals surface area contributed by atoms with E-state index in [9.17, 15) is 8.78 Å². The van der Waals surface area contributed by atoms with Crippen LogP contribution in [0.25, 0.3) is 0 Å². The molecule has 1 saturated carbocycles. The molecule has 3 atom stereocenters. The van der Waals surface area contributed by atoms with E-state index in [1.54, 1.807) is 30.5 Å². The number of fused-ring (bicyclic) bond motifs is 2. The van der Waals surface area contributed by atoms with Crippen molar-refractivity contribution in [3.8, 4) is 0 Å². The van der Waals surface area contributed by atoms with Gasteiger partial charge < -0.3 is 0 Å². The van der Waals surface area contributed by atoms with E-state index in [0.29, 0.717) is 16.5 Å². The van der Waals surface area contributed by atoms with Crippen LogP contribution in [0.4, 0.5) is 8.78 Å². The van der Waals surface area contributed by atoms with Crippen LogP contribution < -0.4 is 0 Å². The fraction of sp³-hybridized carbons (Fsp3) is 0.421. The lowest BCUT2D eigenvalue weighted by Gasteiger charge is -2.31. The average molecular weight is 334 g/mol. The lowest BCUT2D eigenvalue weighted by Crippen LogP contribution is -2.22. The van der Waals surface area contributed by atoms with Gasteiger partial charge in [0, 0.05) is 23.9 Å². The summed E-state index contributed by atoms with van der Waals surface area (Å²) >= 11 is 6.06. The predicted molar refractivity (Wildman–Crippen MR) is 89.2 cm³/mol. The van der Waals surface area contributed by atoms with Gasteiger partial charge in [0.05, 0.1) is 5.92 Å². The monoisotopic (exact) mass is 333 g/mol. The van der Waals surface area contributed by atoms with Crippen LogP contribution in [-0.2, 0) is 0 Å². The Morgan fingerprint density at radius 3 is 2.83 bits per heavy atom. The molecule has 0 spiro atoms. The third-order valence-corrected chi connectivity index (χ3v) is 5.58. The quantitative estimate of drug-likeness (QED) is 0.618. The Bertz CT molecular complexity index is 720. The maximum atomic E-state index is 14.9. The molecule has 120 valence electrons. The van der Waals surface area contributed by atoms with Crippen molar-refractivity contribution in [1.82, 2.24) is 0 Å². The molecule has 4 rings (SSSR count). The van der Waals surface area contributed by atoms with Crippen LogP contribution in [0.1, 0.15) is 37.2 Å². The van der Waals surface area contributed by atoms with Gasteiger partial charge in [0.1, 0.15) is 0 Å². The molecule has 1 nitrogen and oxygen atoms in total. The molecule has 0 aromatic heterocycles. The van der Waals surface area contributed by atoms with Gasteiger partial charge in [0.15, 0.2) is 0 Å². The minimum atomic E-state index is -2.71. The lowest BCUT2D eigenvalue weighted by molar-refractivity contribution is -0.00941. The van der Waals surface area contributed by atoms with Crippen LogP contribution in [-0.4, -0.2) is 12.1 Å². The highest BCUT2D eigenvalue weighted by atomic mass is 35.5. The average Bonchev–Trinajstić information content (AvgIpc) is 2.65. The molecular weight excluding hydrogens is 316 g/mol. The Balaban J connectivity index is 1.88. The van der Waals surface area contributed by atoms with Crippen molar-refractivity contribution in [2.45, 2.75) is 37.5 Å². The zero-order valence-electron chi connectivity index (χ0n) is 12.7. The van der Waals surface area contributed by atoms with Crippen molar-refractivity contribution < 1.29 is 8.78 Å². The summed E-state index contributed by atoms with van der Waals surface area (Å²) in [7, 11) is 0. The molecular formula is C19H18ClF2N. The molecule has 1 fully saturated rings. The third kappa shape index (κ3) is 2.55. The van der Waals surface area contributed by atoms with E-state index in [4.69, 9.17) is 11.6 Å². The molecule has 1 heterocycles. The third-order valence-electron chi connectivity index (χ3n) is 5.35. The summed E-state index contributed by atoms with van der Waals surface area (Å²) < 4.78 is 29.7. The summed E-state index contributed by atoms with van der Waals surface area (Å²) in [6, 6.07) is 6.96. The smallest absolute Gasteiger partial charge is 0.259 e. The summed E-state index contributed by atoms with van der Waals surface area (Å²) in [5, 5.41) is 0.513. The van der Waals surface area contributed by atoms with E-state index in [0.717, 1.165) is 30.4 Å². The second kappa shape index (κ2) is 5.55. The lowest BCUT2D eigenvalue weighted by atomic mass is 9.74. The van der Waals surface area contributed by atoms with E-state index >= 15 is 0 Å². The van der Waals surface area contributed by atoms with Crippen LogP contribution in [0.2, 0.25) is 5.02 Å². The van der Waals surface area contributed by atoms with Gasteiger partial charge in [-0.2, -0.15) is 0 Å². The fourth-order valence-electron chi connectivity index (χ4n) is 4.43. The van der Waals surface area contributed by atoms with Crippen molar-refractivity contribution in [2.24, 2.45) is 16.8 Å². The first-order valence-electron chi connectivity index (χ1n) is 8.11. The molecule has 1 aromatic carbocycles. The summed E-state index contributed by atoms with van der Waals surface area (Å²) in [5.41, 5.74) is 2.64. The predicted octanol–water partition coefficient (Wildman–Crippen LogP) is 5.77. The number of halogens is 3. The first-order chi connectivity index (χ1) is 11.1. The van der Waals surface area contributed by atoms with Gasteiger partial charge in [0.25, 0.3) is 5.92 Å². The van der Waals surface area contributed by atoms with Crippen molar-refractivity contribution >= 4 is 17.8 Å². The Labute approximate surface area is 139 Å². The molecule has 3 aliphatic rings. The first-order valence-corrected chi connectivity index (χ1v) is 8.49. The highest BCUT2D eigenvalue weighted by Crippen LogP contribution is 2.58. The topological polar surface area (TPSA) is 12.4 Å². The standard InChI is InChI=1S/C19H18ClF2N/c20-15-3-1-2-13(10-15)18-17-14(11-19(18,21)22)5-4-12-6-8-23-9-7-16(12)17/h1-3,7-10,12,14,18H,4-6,11H2. The Morgan fingerprint density at radius 2 is 2.00 bits per heavy atom. The van der Waals surface area contributed by atoms with Gasteiger partial charge in [-0.25, -0.2) is 8.78 Å². The maximum absolute atomic E-state index is 14.9. The molecule has 0 bridgehead atoms. The molecule has 2 aliphatic carbocycles. The van der Waals surface area contributed by atoms with Gasteiger partial charge in [0.2, 0.25) is 0 Å². The first kappa shape index (κ1) is 15.1. The molecule has 23 heavy (non-hydrogen) atoms. The molecule has 1 aromatic rings. The molecule has 0 N–H and O–H groups in total. The minimum Gasteiger partial charge on any atom is -0.269 e. The van der Waals surface area contributed by atoms with Gasteiger partial charge >= 0.3 is 0 Å². The molecule has 0 amide bonds. The summed E-state index contributed by atoms with van der Waals surface area (Å²) in [6.45, 7) is 0. The molecule has 4 heteroatoms. The largest absolute Gasteiger partial charge is 0.269 e. The van der Waals surface area contributed by atoms with Crippen molar-refractivity contribution in [3.63, 3.8) is 0 Å². The number of alkyl halides is 2. The van der Waals surface area contributed by atoms with Gasteiger partial charge in [-0.1, -0.05) is 23.7 Å². The molecule has 0 saturated heterocycles. The van der Waals surface area contributed by atoms with Gasteiger partial charge in [-0.15, -0.1) is 0 Å². The number of nitrogens with zero attached hydrogens (tertiary/aromatic N) is 1. The number of aliphatic imine (C=N–C) groups is 1. The van der Waals surface area contributed by atoms with E-state index in [1.807, 2.05) is 12.3 Å². The fourth-order valence-corrected chi connectivity index (χ4v) is 4.63. The van der Waals surface area contributed by atoms with Crippen molar-refractivity contribution in [2.75, 3.05) is 0 Å². The number of allylic oxidation sites excluding steroid dienone is 3. The number of hydrogen-bond acceptors (Lipinski definition) is 1. The zero-order valence-corrected chi connectivity index (χ0v) is 13.4. The van der Waals surface area contributed by atoms with Crippen molar-refractivity contribution in [3.05, 3.63) is 58.3 Å². The van der Waals surface area contributed by atoms with E-state index in [1.165, 1.54) is 0 Å². The van der Waals surface area contributed by atoms with E-state index in [2.05, 4.69) is 4.99 Å². The Hall–Kier alpha value is -1.48. The maximum Gasteiger partial charge on any atom is 0.259 e. The number of hydrogen-bond donors (Lipinski definition) is 0. The van der Waals surface area contributed by atoms with E-state index < -0.39 is 11.8 Å². The Morgan fingerprint density at radius 1 is 1.17 bits per heavy atom. The SMILES string of the molecule is FC1(F)CC2CCC3CC=NC=CC3=C2C1c1cccc(Cl)c1. The van der Waals surface area contributed by atoms with Gasteiger partial charge in [-0.05, 0) is 66.0 Å². The van der Waals surface area contributed by atoms with Crippen molar-refractivity contribution in [1.29, 1.82) is 0 Å². The van der Waals surface area contributed by atoms with Crippen LogP contribution in [0, 0.1) is 11.8 Å². The summed E-state index contributed by atoms with van der Waals surface area (Å²) in [6.07, 6.45) is 8.20. The highest BCUT2D eigenvalue weighted by Gasteiger charge is 2.54. The van der Waals surface area contributed by atoms with Crippen LogP contribution in [0.5, 0.6) is 0 Å². The summed E-state index contributed by atoms with van der Waals surface area (Å²) in [4.78, 5) is 4.21. The molecule has 3 unspecified atom stereocenters. The van der Waals surface area contributed by atoms with Crippen LogP contribution >= 0.6 is 11.6 Å². The zero-order chi connectivity index (χ0) is 16.0. The normalized spacial score (nSPS) is 31.7. The second-order valence-corrected chi connectivity index (χ2v) is 7.15. The summed E-state index contributed by atoms with van der Waals surface area (Å²) in [5.74, 6) is -3.28. The van der Waals surface area contributed by atoms with Crippen LogP contribution in [0.3, 0.4) is 0 Å². The molecule has 0 radical (unpaired) electrons. The number of rotatable bonds is 1. The Kier molecular flexibility index (Phi) is 3.64. The van der Waals surface area contributed by atoms with E-state index in [-0.39, 0.29) is 12.3 Å².